The van der Waals surface area contributed by atoms with Gasteiger partial charge in [-0.1, -0.05) is 37.8 Å². The normalized spacial score (nSPS) is 18.1. The van der Waals surface area contributed by atoms with Gasteiger partial charge in [-0.3, -0.25) is 11.3 Å². The summed E-state index contributed by atoms with van der Waals surface area (Å²) in [6.07, 6.45) is 9.30. The molecule has 0 saturated heterocycles. The van der Waals surface area contributed by atoms with Gasteiger partial charge in [0.15, 0.2) is 0 Å². The molecule has 1 aromatic rings. The minimum atomic E-state index is 0.422. The molecule has 0 bridgehead atoms. The van der Waals surface area contributed by atoms with Crippen LogP contribution in [0.5, 0.6) is 0 Å². The highest BCUT2D eigenvalue weighted by Crippen LogP contribution is 2.29. The quantitative estimate of drug-likeness (QED) is 0.463. The fraction of sp³-hybridized carbons (Fsp3) is 0.600. The molecule has 0 radical (unpaired) electrons. The van der Waals surface area contributed by atoms with Crippen LogP contribution in [0.4, 0.5) is 0 Å². The zero-order valence-corrected chi connectivity index (χ0v) is 13.0. The van der Waals surface area contributed by atoms with Crippen molar-refractivity contribution < 1.29 is 0 Å². The minimum absolute atomic E-state index is 0.422. The van der Waals surface area contributed by atoms with Crippen molar-refractivity contribution in [2.45, 2.75) is 51.0 Å². The molecule has 0 aromatic heterocycles. The first-order valence-corrected chi connectivity index (χ1v) is 8.06. The first-order chi connectivity index (χ1) is 8.78. The van der Waals surface area contributed by atoms with Crippen LogP contribution in [0.25, 0.3) is 0 Å². The van der Waals surface area contributed by atoms with Gasteiger partial charge in [0.2, 0.25) is 0 Å². The molecule has 2 rings (SSSR count). The Morgan fingerprint density at radius 3 is 2.50 bits per heavy atom. The molecule has 18 heavy (non-hydrogen) atoms. The Bertz CT molecular complexity index is 344. The Kier molecular flexibility index (Phi) is 5.92. The zero-order valence-electron chi connectivity index (χ0n) is 10.9. The van der Waals surface area contributed by atoms with Crippen LogP contribution in [-0.2, 0) is 6.42 Å². The Labute approximate surface area is 124 Å². The predicted octanol–water partition coefficient (Wildman–Crippen LogP) is 3.64. The Balaban J connectivity index is 1.79. The van der Waals surface area contributed by atoms with Crippen LogP contribution in [0.3, 0.4) is 0 Å². The lowest BCUT2D eigenvalue weighted by Crippen LogP contribution is -2.37. The molecular formula is C15H23IN2. The second kappa shape index (κ2) is 7.46. The van der Waals surface area contributed by atoms with E-state index in [-0.39, 0.29) is 0 Å². The first-order valence-electron chi connectivity index (χ1n) is 6.98. The first kappa shape index (κ1) is 14.3. The molecule has 1 aliphatic carbocycles. The number of hydrazine groups is 1. The van der Waals surface area contributed by atoms with Crippen molar-refractivity contribution in [1.82, 2.24) is 5.43 Å². The van der Waals surface area contributed by atoms with Crippen LogP contribution >= 0.6 is 22.6 Å². The van der Waals surface area contributed by atoms with Gasteiger partial charge in [-0.05, 0) is 65.5 Å². The van der Waals surface area contributed by atoms with Crippen LogP contribution in [-0.4, -0.2) is 6.04 Å². The molecule has 1 aromatic carbocycles. The molecule has 0 heterocycles. The lowest BCUT2D eigenvalue weighted by atomic mass is 9.95. The SMILES string of the molecule is NNC(CCC1CCCC1)Cc1ccc(I)cc1. The van der Waals surface area contributed by atoms with E-state index in [9.17, 15) is 0 Å². The number of halogens is 1. The minimum Gasteiger partial charge on any atom is -0.271 e. The molecule has 0 amide bonds. The van der Waals surface area contributed by atoms with Crippen LogP contribution < -0.4 is 11.3 Å². The van der Waals surface area contributed by atoms with Crippen molar-refractivity contribution in [3.05, 3.63) is 33.4 Å². The number of benzene rings is 1. The largest absolute Gasteiger partial charge is 0.271 e. The summed E-state index contributed by atoms with van der Waals surface area (Å²) in [5.41, 5.74) is 4.37. The molecular weight excluding hydrogens is 335 g/mol. The highest BCUT2D eigenvalue weighted by Gasteiger charge is 2.17. The van der Waals surface area contributed by atoms with Gasteiger partial charge < -0.3 is 0 Å². The molecule has 1 atom stereocenters. The van der Waals surface area contributed by atoms with E-state index in [1.807, 2.05) is 0 Å². The van der Waals surface area contributed by atoms with Gasteiger partial charge in [0, 0.05) is 9.61 Å². The van der Waals surface area contributed by atoms with Gasteiger partial charge in [-0.15, -0.1) is 0 Å². The molecule has 0 aliphatic heterocycles. The highest BCUT2D eigenvalue weighted by molar-refractivity contribution is 14.1. The zero-order chi connectivity index (χ0) is 12.8. The van der Waals surface area contributed by atoms with E-state index >= 15 is 0 Å². The van der Waals surface area contributed by atoms with E-state index in [1.165, 1.54) is 47.7 Å². The lowest BCUT2D eigenvalue weighted by molar-refractivity contribution is 0.407. The summed E-state index contributed by atoms with van der Waals surface area (Å²) in [5.74, 6) is 6.64. The number of hydrogen-bond donors (Lipinski definition) is 2. The topological polar surface area (TPSA) is 38.0 Å². The van der Waals surface area contributed by atoms with E-state index in [1.54, 1.807) is 0 Å². The predicted molar refractivity (Wildman–Crippen MR) is 85.2 cm³/mol. The van der Waals surface area contributed by atoms with Crippen molar-refractivity contribution in [3.63, 3.8) is 0 Å². The van der Waals surface area contributed by atoms with Crippen LogP contribution in [0.15, 0.2) is 24.3 Å². The standard InChI is InChI=1S/C15H23IN2/c16-14-8-5-13(6-9-14)11-15(18-17)10-7-12-3-1-2-4-12/h5-6,8-9,12,15,18H,1-4,7,10-11,17H2. The van der Waals surface area contributed by atoms with E-state index in [4.69, 9.17) is 5.84 Å². The summed E-state index contributed by atoms with van der Waals surface area (Å²) in [5, 5.41) is 0. The fourth-order valence-corrected chi connectivity index (χ4v) is 3.24. The fourth-order valence-electron chi connectivity index (χ4n) is 2.89. The van der Waals surface area contributed by atoms with E-state index in [0.717, 1.165) is 12.3 Å². The number of nitrogens with one attached hydrogen (secondary N) is 1. The maximum Gasteiger partial charge on any atom is 0.0251 e. The van der Waals surface area contributed by atoms with Gasteiger partial charge in [-0.2, -0.15) is 0 Å². The summed E-state index contributed by atoms with van der Waals surface area (Å²) in [4.78, 5) is 0. The monoisotopic (exact) mass is 358 g/mol. The molecule has 1 saturated carbocycles. The number of hydrogen-bond acceptors (Lipinski definition) is 2. The third kappa shape index (κ3) is 4.52. The van der Waals surface area contributed by atoms with Gasteiger partial charge in [0.1, 0.15) is 0 Å². The van der Waals surface area contributed by atoms with E-state index in [0.29, 0.717) is 6.04 Å². The Hall–Kier alpha value is -0.130. The molecule has 100 valence electrons. The molecule has 1 fully saturated rings. The van der Waals surface area contributed by atoms with E-state index < -0.39 is 0 Å². The summed E-state index contributed by atoms with van der Waals surface area (Å²) < 4.78 is 1.29. The lowest BCUT2D eigenvalue weighted by Gasteiger charge is -2.18. The smallest absolute Gasteiger partial charge is 0.0251 e. The molecule has 0 spiro atoms. The maximum absolute atomic E-state index is 5.68. The summed E-state index contributed by atoms with van der Waals surface area (Å²) in [6.45, 7) is 0. The molecule has 3 heteroatoms. The molecule has 1 aliphatic rings. The van der Waals surface area contributed by atoms with Crippen molar-refractivity contribution in [2.75, 3.05) is 0 Å². The van der Waals surface area contributed by atoms with Crippen molar-refractivity contribution in [3.8, 4) is 0 Å². The van der Waals surface area contributed by atoms with Gasteiger partial charge in [0.25, 0.3) is 0 Å². The number of rotatable bonds is 6. The average molecular weight is 358 g/mol. The molecule has 3 N–H and O–H groups in total. The third-order valence-corrected chi connectivity index (χ3v) is 4.75. The number of nitrogens with two attached hydrogens (primary N) is 1. The van der Waals surface area contributed by atoms with E-state index in [2.05, 4.69) is 52.3 Å². The van der Waals surface area contributed by atoms with Crippen LogP contribution in [0.2, 0.25) is 0 Å². The summed E-state index contributed by atoms with van der Waals surface area (Å²) in [7, 11) is 0. The third-order valence-electron chi connectivity index (χ3n) is 4.03. The summed E-state index contributed by atoms with van der Waals surface area (Å²) in [6, 6.07) is 9.18. The van der Waals surface area contributed by atoms with Crippen LogP contribution in [0, 0.1) is 9.49 Å². The van der Waals surface area contributed by atoms with Gasteiger partial charge >= 0.3 is 0 Å². The molecule has 1 unspecified atom stereocenters. The average Bonchev–Trinajstić information content (AvgIpc) is 2.90. The molecule has 2 nitrogen and oxygen atoms in total. The van der Waals surface area contributed by atoms with Gasteiger partial charge in [0.05, 0.1) is 0 Å². The van der Waals surface area contributed by atoms with Crippen molar-refractivity contribution >= 4 is 22.6 Å². The summed E-state index contributed by atoms with van der Waals surface area (Å²) >= 11 is 2.34. The Morgan fingerprint density at radius 2 is 1.89 bits per heavy atom. The Morgan fingerprint density at radius 1 is 1.22 bits per heavy atom. The van der Waals surface area contributed by atoms with Crippen molar-refractivity contribution in [2.24, 2.45) is 11.8 Å². The second-order valence-corrected chi connectivity index (χ2v) is 6.67. The van der Waals surface area contributed by atoms with Gasteiger partial charge in [-0.25, -0.2) is 0 Å². The van der Waals surface area contributed by atoms with Crippen LogP contribution in [0.1, 0.15) is 44.1 Å². The maximum atomic E-state index is 5.68. The highest BCUT2D eigenvalue weighted by atomic mass is 127. The van der Waals surface area contributed by atoms with Crippen molar-refractivity contribution in [1.29, 1.82) is 0 Å². The second-order valence-electron chi connectivity index (χ2n) is 5.42.